The van der Waals surface area contributed by atoms with Crippen LogP contribution in [0.5, 0.6) is 0 Å². The second-order valence-corrected chi connectivity index (χ2v) is 8.55. The standard InChI is InChI=1S/C20H25N3O3S/c1-15-5-3-4-6-18(15)14-22-9-11-23(12-10-22)20(24)17-8-7-16(2)19(13-17)27(21,25)26/h3-8,13H,9-12,14H2,1-2H3,(H2,21,25,26). The van der Waals surface area contributed by atoms with Crippen molar-refractivity contribution in [2.45, 2.75) is 25.3 Å². The van der Waals surface area contributed by atoms with Gasteiger partial charge in [-0.3, -0.25) is 9.69 Å². The minimum Gasteiger partial charge on any atom is -0.336 e. The van der Waals surface area contributed by atoms with E-state index in [4.69, 9.17) is 5.14 Å². The van der Waals surface area contributed by atoms with Gasteiger partial charge in [0.1, 0.15) is 0 Å². The van der Waals surface area contributed by atoms with Crippen LogP contribution in [0, 0.1) is 13.8 Å². The predicted octanol–water partition coefficient (Wildman–Crippen LogP) is 1.91. The zero-order valence-electron chi connectivity index (χ0n) is 15.7. The van der Waals surface area contributed by atoms with Crippen LogP contribution in [0.15, 0.2) is 47.4 Å². The van der Waals surface area contributed by atoms with Crippen molar-refractivity contribution in [1.29, 1.82) is 0 Å². The molecular weight excluding hydrogens is 362 g/mol. The van der Waals surface area contributed by atoms with Crippen LogP contribution >= 0.6 is 0 Å². The van der Waals surface area contributed by atoms with Gasteiger partial charge in [-0.25, -0.2) is 13.6 Å². The van der Waals surface area contributed by atoms with Gasteiger partial charge in [-0.05, 0) is 42.7 Å². The molecule has 0 atom stereocenters. The van der Waals surface area contributed by atoms with Crippen LogP contribution in [0.2, 0.25) is 0 Å². The van der Waals surface area contributed by atoms with Crippen molar-refractivity contribution >= 4 is 15.9 Å². The number of sulfonamides is 1. The number of hydrogen-bond donors (Lipinski definition) is 1. The van der Waals surface area contributed by atoms with Gasteiger partial charge in [-0.2, -0.15) is 0 Å². The van der Waals surface area contributed by atoms with E-state index in [-0.39, 0.29) is 10.8 Å². The van der Waals surface area contributed by atoms with E-state index in [9.17, 15) is 13.2 Å². The molecule has 1 aliphatic rings. The number of amides is 1. The Balaban J connectivity index is 1.66. The van der Waals surface area contributed by atoms with E-state index in [2.05, 4.69) is 24.0 Å². The molecule has 27 heavy (non-hydrogen) atoms. The molecule has 6 nitrogen and oxygen atoms in total. The summed E-state index contributed by atoms with van der Waals surface area (Å²) in [5.41, 5.74) is 3.47. The average Bonchev–Trinajstić information content (AvgIpc) is 2.63. The fraction of sp³-hybridized carbons (Fsp3) is 0.350. The summed E-state index contributed by atoms with van der Waals surface area (Å²) in [6, 6.07) is 13.0. The molecule has 1 fully saturated rings. The number of nitrogens with two attached hydrogens (primary N) is 1. The lowest BCUT2D eigenvalue weighted by Gasteiger charge is -2.35. The van der Waals surface area contributed by atoms with E-state index < -0.39 is 10.0 Å². The van der Waals surface area contributed by atoms with E-state index in [1.807, 2.05) is 12.1 Å². The Hall–Kier alpha value is -2.22. The first-order valence-electron chi connectivity index (χ1n) is 8.95. The lowest BCUT2D eigenvalue weighted by Crippen LogP contribution is -2.48. The van der Waals surface area contributed by atoms with Gasteiger partial charge in [0.25, 0.3) is 5.91 Å². The number of benzene rings is 2. The van der Waals surface area contributed by atoms with E-state index in [1.54, 1.807) is 24.0 Å². The molecule has 1 saturated heterocycles. The molecule has 3 rings (SSSR count). The normalized spacial score (nSPS) is 15.7. The summed E-state index contributed by atoms with van der Waals surface area (Å²) >= 11 is 0. The van der Waals surface area contributed by atoms with Crippen molar-refractivity contribution in [3.8, 4) is 0 Å². The summed E-state index contributed by atoms with van der Waals surface area (Å²) in [5.74, 6) is -0.157. The summed E-state index contributed by atoms with van der Waals surface area (Å²) in [6.07, 6.45) is 0. The first-order valence-corrected chi connectivity index (χ1v) is 10.5. The van der Waals surface area contributed by atoms with Crippen molar-refractivity contribution in [2.24, 2.45) is 5.14 Å². The number of rotatable bonds is 4. The number of hydrogen-bond acceptors (Lipinski definition) is 4. The lowest BCUT2D eigenvalue weighted by molar-refractivity contribution is 0.0628. The largest absolute Gasteiger partial charge is 0.336 e. The third-order valence-corrected chi connectivity index (χ3v) is 6.11. The van der Waals surface area contributed by atoms with Crippen molar-refractivity contribution < 1.29 is 13.2 Å². The van der Waals surface area contributed by atoms with Crippen LogP contribution < -0.4 is 5.14 Å². The first kappa shape index (κ1) is 19.5. The van der Waals surface area contributed by atoms with Gasteiger partial charge in [0.15, 0.2) is 0 Å². The van der Waals surface area contributed by atoms with Gasteiger partial charge < -0.3 is 4.90 Å². The maximum Gasteiger partial charge on any atom is 0.253 e. The van der Waals surface area contributed by atoms with Crippen LogP contribution in [0.3, 0.4) is 0 Å². The second kappa shape index (κ2) is 7.80. The summed E-state index contributed by atoms with van der Waals surface area (Å²) in [5, 5.41) is 5.25. The van der Waals surface area contributed by atoms with Gasteiger partial charge in [0.2, 0.25) is 10.0 Å². The van der Waals surface area contributed by atoms with Crippen molar-refractivity contribution in [1.82, 2.24) is 9.80 Å². The Morgan fingerprint density at radius 3 is 2.30 bits per heavy atom. The molecule has 1 heterocycles. The van der Waals surface area contributed by atoms with Gasteiger partial charge >= 0.3 is 0 Å². The van der Waals surface area contributed by atoms with Crippen LogP contribution in [0.4, 0.5) is 0 Å². The lowest BCUT2D eigenvalue weighted by atomic mass is 10.1. The molecule has 1 aliphatic heterocycles. The number of carbonyl (C=O) groups excluding carboxylic acids is 1. The average molecular weight is 388 g/mol. The van der Waals surface area contributed by atoms with Gasteiger partial charge in [-0.1, -0.05) is 30.3 Å². The molecule has 2 N–H and O–H groups in total. The summed E-state index contributed by atoms with van der Waals surface area (Å²) in [6.45, 7) is 7.44. The summed E-state index contributed by atoms with van der Waals surface area (Å²) < 4.78 is 23.4. The molecule has 0 radical (unpaired) electrons. The quantitative estimate of drug-likeness (QED) is 0.869. The molecule has 0 aromatic heterocycles. The molecule has 0 saturated carbocycles. The van der Waals surface area contributed by atoms with Crippen LogP contribution in [-0.2, 0) is 16.6 Å². The highest BCUT2D eigenvalue weighted by Crippen LogP contribution is 2.18. The molecule has 2 aromatic rings. The van der Waals surface area contributed by atoms with E-state index >= 15 is 0 Å². The Kier molecular flexibility index (Phi) is 5.64. The molecule has 1 amide bonds. The molecule has 7 heteroatoms. The number of carbonyl (C=O) groups is 1. The van der Waals surface area contributed by atoms with Crippen molar-refractivity contribution in [3.63, 3.8) is 0 Å². The fourth-order valence-corrected chi connectivity index (χ4v) is 4.17. The molecule has 0 aliphatic carbocycles. The Bertz CT molecular complexity index is 949. The second-order valence-electron chi connectivity index (χ2n) is 7.02. The third-order valence-electron chi connectivity index (χ3n) is 5.06. The smallest absolute Gasteiger partial charge is 0.253 e. The summed E-state index contributed by atoms with van der Waals surface area (Å²) in [7, 11) is -3.85. The van der Waals surface area contributed by atoms with Crippen LogP contribution in [-0.4, -0.2) is 50.3 Å². The Morgan fingerprint density at radius 1 is 1.00 bits per heavy atom. The first-order chi connectivity index (χ1) is 12.8. The monoisotopic (exact) mass is 387 g/mol. The van der Waals surface area contributed by atoms with Crippen molar-refractivity contribution in [3.05, 3.63) is 64.7 Å². The minimum absolute atomic E-state index is 0.00605. The van der Waals surface area contributed by atoms with Crippen LogP contribution in [0.25, 0.3) is 0 Å². The van der Waals surface area contributed by atoms with Gasteiger partial charge in [-0.15, -0.1) is 0 Å². The van der Waals surface area contributed by atoms with Gasteiger partial charge in [0.05, 0.1) is 4.90 Å². The number of piperazine rings is 1. The van der Waals surface area contributed by atoms with E-state index in [0.29, 0.717) is 24.2 Å². The topological polar surface area (TPSA) is 83.7 Å². The van der Waals surface area contributed by atoms with Crippen molar-refractivity contribution in [2.75, 3.05) is 26.2 Å². The molecule has 2 aromatic carbocycles. The predicted molar refractivity (Wildman–Crippen MR) is 105 cm³/mol. The Labute approximate surface area is 160 Å². The zero-order valence-corrected chi connectivity index (χ0v) is 16.5. The third kappa shape index (κ3) is 4.55. The highest BCUT2D eigenvalue weighted by molar-refractivity contribution is 7.89. The van der Waals surface area contributed by atoms with Crippen LogP contribution in [0.1, 0.15) is 27.0 Å². The zero-order chi connectivity index (χ0) is 19.6. The highest BCUT2D eigenvalue weighted by atomic mass is 32.2. The van der Waals surface area contributed by atoms with Gasteiger partial charge in [0, 0.05) is 38.3 Å². The number of nitrogens with zero attached hydrogens (tertiary/aromatic N) is 2. The number of primary sulfonamides is 1. The molecule has 0 spiro atoms. The summed E-state index contributed by atoms with van der Waals surface area (Å²) in [4.78, 5) is 16.9. The van der Waals surface area contributed by atoms with E-state index in [1.165, 1.54) is 17.2 Å². The minimum atomic E-state index is -3.85. The number of aryl methyl sites for hydroxylation is 2. The Morgan fingerprint density at radius 2 is 1.67 bits per heavy atom. The fourth-order valence-electron chi connectivity index (χ4n) is 3.36. The maximum absolute atomic E-state index is 12.8. The maximum atomic E-state index is 12.8. The SMILES string of the molecule is Cc1ccccc1CN1CCN(C(=O)c2ccc(C)c(S(N)(=O)=O)c2)CC1. The molecular formula is C20H25N3O3S. The highest BCUT2D eigenvalue weighted by Gasteiger charge is 2.24. The molecule has 144 valence electrons. The molecule has 0 bridgehead atoms. The molecule has 0 unspecified atom stereocenters. The van der Waals surface area contributed by atoms with E-state index in [0.717, 1.165) is 19.6 Å².